The maximum absolute atomic E-state index is 12.6. The van der Waals surface area contributed by atoms with Gasteiger partial charge in [-0.1, -0.05) is 18.2 Å². The lowest BCUT2D eigenvalue weighted by atomic mass is 10.1. The molecular formula is C18H17N3O3. The van der Waals surface area contributed by atoms with E-state index in [9.17, 15) is 4.79 Å². The zero-order valence-corrected chi connectivity index (χ0v) is 13.4. The van der Waals surface area contributed by atoms with Gasteiger partial charge in [-0.2, -0.15) is 5.10 Å². The molecule has 122 valence electrons. The van der Waals surface area contributed by atoms with E-state index < -0.39 is 0 Å². The van der Waals surface area contributed by atoms with Crippen molar-refractivity contribution in [2.75, 3.05) is 19.5 Å². The number of aromatic amines is 1. The van der Waals surface area contributed by atoms with Gasteiger partial charge >= 0.3 is 0 Å². The Labute approximate surface area is 139 Å². The van der Waals surface area contributed by atoms with Gasteiger partial charge in [-0.3, -0.25) is 9.89 Å². The summed E-state index contributed by atoms with van der Waals surface area (Å²) in [6.07, 6.45) is 1.68. The van der Waals surface area contributed by atoms with Gasteiger partial charge in [0.1, 0.15) is 0 Å². The van der Waals surface area contributed by atoms with E-state index in [0.717, 1.165) is 11.3 Å². The highest BCUT2D eigenvalue weighted by molar-refractivity contribution is 6.07. The van der Waals surface area contributed by atoms with Crippen molar-refractivity contribution >= 4 is 11.6 Å². The molecule has 0 spiro atoms. The number of ether oxygens (including phenoxy) is 2. The molecule has 6 heteroatoms. The molecule has 0 atom stereocenters. The Kier molecular flexibility index (Phi) is 4.47. The lowest BCUT2D eigenvalue weighted by Crippen LogP contribution is -2.13. The number of aromatic nitrogens is 2. The number of rotatable bonds is 5. The summed E-state index contributed by atoms with van der Waals surface area (Å²) in [5.74, 6) is 0.645. The minimum atomic E-state index is -0.271. The molecule has 3 rings (SSSR count). The molecule has 2 aromatic carbocycles. The SMILES string of the molecule is COc1cccc(C(=O)Nc2cccc(-c3ccn[nH]3)c2)c1OC. The second-order valence-electron chi connectivity index (χ2n) is 5.05. The van der Waals surface area contributed by atoms with Crippen LogP contribution >= 0.6 is 0 Å². The number of hydrogen-bond donors (Lipinski definition) is 2. The molecule has 1 aromatic heterocycles. The van der Waals surface area contributed by atoms with Crippen molar-refractivity contribution in [1.29, 1.82) is 0 Å². The molecule has 1 amide bonds. The Bertz CT molecular complexity index is 844. The third kappa shape index (κ3) is 3.08. The first kappa shape index (κ1) is 15.6. The van der Waals surface area contributed by atoms with Gasteiger partial charge in [0, 0.05) is 17.4 Å². The van der Waals surface area contributed by atoms with Gasteiger partial charge in [-0.05, 0) is 30.3 Å². The van der Waals surface area contributed by atoms with Crippen molar-refractivity contribution in [2.45, 2.75) is 0 Å². The van der Waals surface area contributed by atoms with Crippen molar-refractivity contribution in [2.24, 2.45) is 0 Å². The number of benzene rings is 2. The van der Waals surface area contributed by atoms with E-state index in [-0.39, 0.29) is 5.91 Å². The van der Waals surface area contributed by atoms with Gasteiger partial charge < -0.3 is 14.8 Å². The maximum atomic E-state index is 12.6. The fourth-order valence-corrected chi connectivity index (χ4v) is 2.45. The Hall–Kier alpha value is -3.28. The third-order valence-corrected chi connectivity index (χ3v) is 3.58. The first-order valence-corrected chi connectivity index (χ1v) is 7.35. The van der Waals surface area contributed by atoms with Crippen LogP contribution in [0, 0.1) is 0 Å². The molecule has 6 nitrogen and oxygen atoms in total. The summed E-state index contributed by atoms with van der Waals surface area (Å²) in [5, 5.41) is 9.71. The van der Waals surface area contributed by atoms with E-state index in [4.69, 9.17) is 9.47 Å². The van der Waals surface area contributed by atoms with Gasteiger partial charge in [-0.15, -0.1) is 0 Å². The largest absolute Gasteiger partial charge is 0.493 e. The standard InChI is InChI=1S/C18H17N3O3/c1-23-16-8-4-7-14(17(16)24-2)18(22)20-13-6-3-5-12(11-13)15-9-10-19-21-15/h3-11H,1-2H3,(H,19,21)(H,20,22). The predicted molar refractivity (Wildman–Crippen MR) is 91.5 cm³/mol. The van der Waals surface area contributed by atoms with Crippen LogP contribution < -0.4 is 14.8 Å². The number of anilines is 1. The summed E-state index contributed by atoms with van der Waals surface area (Å²) >= 11 is 0. The highest BCUT2D eigenvalue weighted by Crippen LogP contribution is 2.31. The minimum absolute atomic E-state index is 0.271. The highest BCUT2D eigenvalue weighted by Gasteiger charge is 2.16. The van der Waals surface area contributed by atoms with Crippen molar-refractivity contribution in [1.82, 2.24) is 10.2 Å². The van der Waals surface area contributed by atoms with Crippen molar-refractivity contribution < 1.29 is 14.3 Å². The molecule has 24 heavy (non-hydrogen) atoms. The molecule has 0 unspecified atom stereocenters. The number of methoxy groups -OCH3 is 2. The zero-order chi connectivity index (χ0) is 16.9. The summed E-state index contributed by atoms with van der Waals surface area (Å²) < 4.78 is 10.5. The molecule has 0 saturated heterocycles. The van der Waals surface area contributed by atoms with E-state index in [2.05, 4.69) is 15.5 Å². The second kappa shape index (κ2) is 6.87. The highest BCUT2D eigenvalue weighted by atomic mass is 16.5. The molecule has 0 aliphatic carbocycles. The van der Waals surface area contributed by atoms with Crippen molar-refractivity contribution in [3.63, 3.8) is 0 Å². The van der Waals surface area contributed by atoms with Gasteiger partial charge in [0.05, 0.1) is 25.5 Å². The van der Waals surface area contributed by atoms with Crippen LogP contribution in [0.3, 0.4) is 0 Å². The smallest absolute Gasteiger partial charge is 0.259 e. The van der Waals surface area contributed by atoms with Crippen LogP contribution in [-0.2, 0) is 0 Å². The number of H-pyrrole nitrogens is 1. The number of carbonyl (C=O) groups excluding carboxylic acids is 1. The number of nitrogens with zero attached hydrogens (tertiary/aromatic N) is 1. The monoisotopic (exact) mass is 323 g/mol. The van der Waals surface area contributed by atoms with Crippen LogP contribution in [0.5, 0.6) is 11.5 Å². The molecule has 3 aromatic rings. The van der Waals surface area contributed by atoms with Crippen LogP contribution in [-0.4, -0.2) is 30.3 Å². The van der Waals surface area contributed by atoms with Crippen LogP contribution in [0.4, 0.5) is 5.69 Å². The molecule has 0 fully saturated rings. The van der Waals surface area contributed by atoms with Crippen LogP contribution in [0.25, 0.3) is 11.3 Å². The van der Waals surface area contributed by atoms with E-state index >= 15 is 0 Å². The summed E-state index contributed by atoms with van der Waals surface area (Å²) in [5.41, 5.74) is 2.90. The van der Waals surface area contributed by atoms with E-state index in [1.54, 1.807) is 24.4 Å². The summed E-state index contributed by atoms with van der Waals surface area (Å²) in [6, 6.07) is 14.6. The molecule has 0 radical (unpaired) electrons. The first-order chi connectivity index (χ1) is 11.7. The molecule has 0 saturated carbocycles. The Morgan fingerprint density at radius 2 is 1.92 bits per heavy atom. The fourth-order valence-electron chi connectivity index (χ4n) is 2.45. The third-order valence-electron chi connectivity index (χ3n) is 3.58. The van der Waals surface area contributed by atoms with Crippen LogP contribution in [0.15, 0.2) is 54.7 Å². The molecule has 0 bridgehead atoms. The van der Waals surface area contributed by atoms with Crippen molar-refractivity contribution in [3.8, 4) is 22.8 Å². The number of para-hydroxylation sites is 1. The average Bonchev–Trinajstić information content (AvgIpc) is 3.15. The number of amides is 1. The van der Waals surface area contributed by atoms with E-state index in [1.165, 1.54) is 14.2 Å². The van der Waals surface area contributed by atoms with Crippen LogP contribution in [0.2, 0.25) is 0 Å². The summed E-state index contributed by atoms with van der Waals surface area (Å²) in [7, 11) is 3.04. The maximum Gasteiger partial charge on any atom is 0.259 e. The molecule has 0 aliphatic heterocycles. The zero-order valence-electron chi connectivity index (χ0n) is 13.4. The Morgan fingerprint density at radius 3 is 2.62 bits per heavy atom. The number of hydrogen-bond acceptors (Lipinski definition) is 4. The van der Waals surface area contributed by atoms with Gasteiger partial charge in [0.2, 0.25) is 0 Å². The van der Waals surface area contributed by atoms with Crippen LogP contribution in [0.1, 0.15) is 10.4 Å². The number of nitrogens with one attached hydrogen (secondary N) is 2. The van der Waals surface area contributed by atoms with Crippen molar-refractivity contribution in [3.05, 3.63) is 60.3 Å². The summed E-state index contributed by atoms with van der Waals surface area (Å²) in [6.45, 7) is 0. The predicted octanol–water partition coefficient (Wildman–Crippen LogP) is 3.35. The summed E-state index contributed by atoms with van der Waals surface area (Å²) in [4.78, 5) is 12.6. The quantitative estimate of drug-likeness (QED) is 0.755. The Morgan fingerprint density at radius 1 is 1.08 bits per heavy atom. The Balaban J connectivity index is 1.87. The molecular weight excluding hydrogens is 306 g/mol. The average molecular weight is 323 g/mol. The topological polar surface area (TPSA) is 76.2 Å². The fraction of sp³-hybridized carbons (Fsp3) is 0.111. The normalized spacial score (nSPS) is 10.2. The molecule has 1 heterocycles. The molecule has 0 aliphatic rings. The second-order valence-corrected chi connectivity index (χ2v) is 5.05. The van der Waals surface area contributed by atoms with Gasteiger partial charge in [0.15, 0.2) is 11.5 Å². The molecule has 2 N–H and O–H groups in total. The number of carbonyl (C=O) groups is 1. The lowest BCUT2D eigenvalue weighted by molar-refractivity contribution is 0.102. The van der Waals surface area contributed by atoms with Gasteiger partial charge in [-0.25, -0.2) is 0 Å². The van der Waals surface area contributed by atoms with E-state index in [0.29, 0.717) is 22.7 Å². The minimum Gasteiger partial charge on any atom is -0.493 e. The first-order valence-electron chi connectivity index (χ1n) is 7.35. The lowest BCUT2D eigenvalue weighted by Gasteiger charge is -2.13. The van der Waals surface area contributed by atoms with E-state index in [1.807, 2.05) is 30.3 Å². The van der Waals surface area contributed by atoms with Gasteiger partial charge in [0.25, 0.3) is 5.91 Å².